The molecule has 1 saturated heterocycles. The maximum absolute atomic E-state index is 6.49. The van der Waals surface area contributed by atoms with Crippen molar-refractivity contribution < 1.29 is 28.4 Å². The van der Waals surface area contributed by atoms with Gasteiger partial charge in [-0.3, -0.25) is 9.58 Å². The predicted molar refractivity (Wildman–Crippen MR) is 195 cm³/mol. The molecule has 4 heterocycles. The van der Waals surface area contributed by atoms with Gasteiger partial charge < -0.3 is 33.7 Å². The van der Waals surface area contributed by atoms with E-state index in [1.54, 1.807) is 30.5 Å². The van der Waals surface area contributed by atoms with Crippen molar-refractivity contribution in [2.75, 3.05) is 78.4 Å². The first kappa shape index (κ1) is 37.9. The first-order valence-corrected chi connectivity index (χ1v) is 18.5. The molecule has 0 radical (unpaired) electrons. The van der Waals surface area contributed by atoms with E-state index < -0.39 is 0 Å². The molecule has 1 aliphatic carbocycles. The zero-order valence-electron chi connectivity index (χ0n) is 30.1. The molecule has 4 aromatic rings. The third kappa shape index (κ3) is 11.1. The molecule has 1 N–H and O–H groups in total. The Labute approximate surface area is 309 Å². The summed E-state index contributed by atoms with van der Waals surface area (Å²) in [6.07, 6.45) is 13.6. The third-order valence-corrected chi connectivity index (χ3v) is 9.49. The molecule has 3 aromatic heterocycles. The monoisotopic (exact) mass is 739 g/mol. The van der Waals surface area contributed by atoms with Gasteiger partial charge in [-0.2, -0.15) is 5.10 Å². The van der Waals surface area contributed by atoms with Crippen molar-refractivity contribution in [2.45, 2.75) is 63.8 Å². The molecule has 1 aromatic carbocycles. The fourth-order valence-corrected chi connectivity index (χ4v) is 6.62. The Hall–Kier alpha value is -3.86. The third-order valence-electron chi connectivity index (χ3n) is 9.18. The average molecular weight is 740 g/mol. The highest BCUT2D eigenvalue weighted by molar-refractivity contribution is 6.32. The summed E-state index contributed by atoms with van der Waals surface area (Å²) in [5.41, 5.74) is 2.43. The number of methoxy groups -OCH3 is 1. The van der Waals surface area contributed by atoms with Gasteiger partial charge in [-0.05, 0) is 50.3 Å². The van der Waals surface area contributed by atoms with Crippen molar-refractivity contribution in [2.24, 2.45) is 0 Å². The summed E-state index contributed by atoms with van der Waals surface area (Å²) in [5.74, 6) is 1.53. The van der Waals surface area contributed by atoms with Crippen LogP contribution in [0.25, 0.3) is 11.1 Å². The van der Waals surface area contributed by atoms with Crippen LogP contribution in [0.15, 0.2) is 49.4 Å². The topological polar surface area (TPSA) is 145 Å². The highest BCUT2D eigenvalue weighted by atomic mass is 35.5. The van der Waals surface area contributed by atoms with E-state index in [4.69, 9.17) is 45.1 Å². The number of rotatable bonds is 20. The number of hydrogen-bond acceptors (Lipinski definition) is 13. The maximum atomic E-state index is 6.49. The maximum Gasteiger partial charge on any atom is 0.256 e. The number of benzene rings is 1. The molecule has 52 heavy (non-hydrogen) atoms. The summed E-state index contributed by atoms with van der Waals surface area (Å²) in [5, 5.41) is 12.9. The molecule has 15 nitrogen and oxygen atoms in total. The Bertz CT molecular complexity index is 1610. The van der Waals surface area contributed by atoms with Gasteiger partial charge in [-0.15, -0.1) is 5.10 Å². The number of aromatic nitrogens is 7. The standard InChI is InChI=1S/C36H50ClN9O6/c1-27(23-45-26-38-25-41-45)52-34-20-28(4-9-32(34)37)29-21-39-36(40-22-29)42-33-24-46(31-7-5-30(6-8-31)44-10-14-49-15-11-44)43-35(33)51-13-3-12-48-18-19-50-17-16-47-2/h4,9,20-22,24-27,30-31H,3,5-8,10-19,23H2,1-2H3,(H,39,40,42)/t27-,30-,31-/m0/s1. The summed E-state index contributed by atoms with van der Waals surface area (Å²) >= 11 is 6.49. The van der Waals surface area contributed by atoms with Crippen molar-refractivity contribution in [3.8, 4) is 22.8 Å². The van der Waals surface area contributed by atoms with Crippen LogP contribution in [0.5, 0.6) is 11.6 Å². The Kier molecular flexibility index (Phi) is 14.4. The first-order valence-electron chi connectivity index (χ1n) is 18.1. The minimum Gasteiger partial charge on any atom is -0.487 e. The number of nitrogens with zero attached hydrogens (tertiary/aromatic N) is 8. The molecule has 0 amide bonds. The number of nitrogens with one attached hydrogen (secondary N) is 1. The van der Waals surface area contributed by atoms with Gasteiger partial charge in [0.2, 0.25) is 5.95 Å². The lowest BCUT2D eigenvalue weighted by Gasteiger charge is -2.38. The molecule has 6 rings (SSSR count). The minimum absolute atomic E-state index is 0.173. The lowest BCUT2D eigenvalue weighted by Crippen LogP contribution is -2.45. The van der Waals surface area contributed by atoms with Gasteiger partial charge in [0.15, 0.2) is 0 Å². The zero-order chi connectivity index (χ0) is 36.0. The van der Waals surface area contributed by atoms with Crippen LogP contribution in [-0.4, -0.2) is 125 Å². The fourth-order valence-electron chi connectivity index (χ4n) is 6.46. The van der Waals surface area contributed by atoms with Gasteiger partial charge in [0.25, 0.3) is 5.88 Å². The second kappa shape index (κ2) is 19.8. The number of hydrogen-bond donors (Lipinski definition) is 1. The summed E-state index contributed by atoms with van der Waals surface area (Å²) < 4.78 is 37.8. The Morgan fingerprint density at radius 2 is 1.69 bits per heavy atom. The normalized spacial score (nSPS) is 18.7. The van der Waals surface area contributed by atoms with Gasteiger partial charge in [0, 0.05) is 57.2 Å². The quantitative estimate of drug-likeness (QED) is 0.121. The fraction of sp³-hybridized carbons (Fsp3) is 0.583. The van der Waals surface area contributed by atoms with Crippen LogP contribution in [0.2, 0.25) is 5.02 Å². The van der Waals surface area contributed by atoms with Crippen molar-refractivity contribution >= 4 is 23.2 Å². The average Bonchev–Trinajstić information content (AvgIpc) is 3.84. The Morgan fingerprint density at radius 1 is 0.942 bits per heavy atom. The molecule has 0 spiro atoms. The SMILES string of the molecule is COCCOCCOCCCOc1nn([C@H]2CC[C@H](N3CCOCC3)CC2)cc1Nc1ncc(-c2ccc(Cl)c(O[C@@H](C)Cn3cncn3)c2)cn1. The van der Waals surface area contributed by atoms with Crippen LogP contribution in [0.4, 0.5) is 11.6 Å². The van der Waals surface area contributed by atoms with Crippen LogP contribution >= 0.6 is 11.6 Å². The van der Waals surface area contributed by atoms with Crippen LogP contribution in [-0.2, 0) is 25.5 Å². The zero-order valence-corrected chi connectivity index (χ0v) is 30.8. The molecule has 1 saturated carbocycles. The number of ether oxygens (including phenoxy) is 6. The smallest absolute Gasteiger partial charge is 0.256 e. The van der Waals surface area contributed by atoms with Crippen molar-refractivity contribution in [1.82, 2.24) is 39.4 Å². The van der Waals surface area contributed by atoms with Crippen molar-refractivity contribution in [1.29, 1.82) is 0 Å². The van der Waals surface area contributed by atoms with Crippen LogP contribution < -0.4 is 14.8 Å². The number of morpholine rings is 1. The van der Waals surface area contributed by atoms with Crippen molar-refractivity contribution in [3.63, 3.8) is 0 Å². The molecule has 0 bridgehead atoms. The van der Waals surface area contributed by atoms with Crippen LogP contribution in [0.1, 0.15) is 45.1 Å². The van der Waals surface area contributed by atoms with E-state index in [0.717, 1.165) is 68.8 Å². The van der Waals surface area contributed by atoms with Gasteiger partial charge >= 0.3 is 0 Å². The van der Waals surface area contributed by atoms with E-state index in [2.05, 4.69) is 34.9 Å². The second-order valence-corrected chi connectivity index (χ2v) is 13.4. The molecule has 0 unspecified atom stereocenters. The lowest BCUT2D eigenvalue weighted by molar-refractivity contribution is 0.00502. The van der Waals surface area contributed by atoms with E-state index >= 15 is 0 Å². The number of halogens is 1. The molecule has 2 fully saturated rings. The predicted octanol–water partition coefficient (Wildman–Crippen LogP) is 5.06. The van der Waals surface area contributed by atoms with E-state index in [-0.39, 0.29) is 6.10 Å². The highest BCUT2D eigenvalue weighted by Crippen LogP contribution is 2.35. The highest BCUT2D eigenvalue weighted by Gasteiger charge is 2.29. The lowest BCUT2D eigenvalue weighted by atomic mass is 9.90. The van der Waals surface area contributed by atoms with E-state index in [9.17, 15) is 0 Å². The summed E-state index contributed by atoms with van der Waals surface area (Å²) in [4.78, 5) is 15.8. The first-order chi connectivity index (χ1) is 25.6. The number of anilines is 2. The van der Waals surface area contributed by atoms with Gasteiger partial charge in [0.1, 0.15) is 30.2 Å². The van der Waals surface area contributed by atoms with Crippen molar-refractivity contribution in [3.05, 3.63) is 54.5 Å². The van der Waals surface area contributed by atoms with E-state index in [1.807, 2.05) is 31.3 Å². The van der Waals surface area contributed by atoms with Gasteiger partial charge in [-0.1, -0.05) is 17.7 Å². The van der Waals surface area contributed by atoms with Crippen LogP contribution in [0, 0.1) is 0 Å². The molecule has 1 aliphatic heterocycles. The Balaban J connectivity index is 1.07. The molecular formula is C36H50ClN9O6. The largest absolute Gasteiger partial charge is 0.487 e. The molecular weight excluding hydrogens is 690 g/mol. The summed E-state index contributed by atoms with van der Waals surface area (Å²) in [6.45, 7) is 9.40. The van der Waals surface area contributed by atoms with Gasteiger partial charge in [0.05, 0.1) is 70.1 Å². The molecule has 1 atom stereocenters. The van der Waals surface area contributed by atoms with Gasteiger partial charge in [-0.25, -0.2) is 19.6 Å². The minimum atomic E-state index is -0.173. The Morgan fingerprint density at radius 3 is 2.44 bits per heavy atom. The molecule has 282 valence electrons. The molecule has 16 heteroatoms. The van der Waals surface area contributed by atoms with E-state index in [1.165, 1.54) is 6.33 Å². The second-order valence-electron chi connectivity index (χ2n) is 13.0. The van der Waals surface area contributed by atoms with Crippen LogP contribution in [0.3, 0.4) is 0 Å². The molecule has 2 aliphatic rings. The van der Waals surface area contributed by atoms with E-state index in [0.29, 0.717) is 87.3 Å². The summed E-state index contributed by atoms with van der Waals surface area (Å²) in [7, 11) is 1.66. The summed E-state index contributed by atoms with van der Waals surface area (Å²) in [6, 6.07) is 6.53.